The van der Waals surface area contributed by atoms with Crippen molar-refractivity contribution in [3.63, 3.8) is 0 Å². The molecule has 4 heteroatoms. The average Bonchev–Trinajstić information content (AvgIpc) is 2.38. The molecule has 20 heavy (non-hydrogen) atoms. The largest absolute Gasteiger partial charge is 0.497 e. The fourth-order valence-corrected chi connectivity index (χ4v) is 2.38. The second kappa shape index (κ2) is 6.55. The monoisotopic (exact) mass is 278 g/mol. The zero-order valence-electron chi connectivity index (χ0n) is 12.7. The van der Waals surface area contributed by atoms with Crippen molar-refractivity contribution in [2.45, 2.75) is 33.1 Å². The average molecular weight is 278 g/mol. The minimum Gasteiger partial charge on any atom is -0.497 e. The molecule has 0 saturated carbocycles. The van der Waals surface area contributed by atoms with E-state index in [0.717, 1.165) is 11.3 Å². The molecule has 4 nitrogen and oxygen atoms in total. The summed E-state index contributed by atoms with van der Waals surface area (Å²) in [5.41, 5.74) is 0.260. The Morgan fingerprint density at radius 3 is 2.15 bits per heavy atom. The van der Waals surface area contributed by atoms with Crippen LogP contribution in [0.4, 0.5) is 0 Å². The molecule has 0 radical (unpaired) electrons. The van der Waals surface area contributed by atoms with Gasteiger partial charge >= 0.3 is 5.97 Å². The van der Waals surface area contributed by atoms with Crippen LogP contribution < -0.4 is 4.74 Å². The van der Waals surface area contributed by atoms with E-state index in [4.69, 9.17) is 9.47 Å². The van der Waals surface area contributed by atoms with E-state index in [0.29, 0.717) is 0 Å². The van der Waals surface area contributed by atoms with Crippen LogP contribution in [-0.2, 0) is 19.7 Å². The van der Waals surface area contributed by atoms with Gasteiger partial charge in [0.1, 0.15) is 17.5 Å². The maximum absolute atomic E-state index is 12.1. The van der Waals surface area contributed by atoms with Gasteiger partial charge in [-0.3, -0.25) is 9.59 Å². The molecule has 0 saturated heterocycles. The van der Waals surface area contributed by atoms with Crippen molar-refractivity contribution in [2.24, 2.45) is 5.92 Å². The van der Waals surface area contributed by atoms with E-state index in [1.807, 2.05) is 38.1 Å². The van der Waals surface area contributed by atoms with Crippen molar-refractivity contribution in [1.29, 1.82) is 0 Å². The highest BCUT2D eigenvalue weighted by atomic mass is 16.5. The number of hydrogen-bond acceptors (Lipinski definition) is 4. The van der Waals surface area contributed by atoms with Crippen LogP contribution in [0.25, 0.3) is 0 Å². The number of benzene rings is 1. The molecule has 0 N–H and O–H groups in total. The first kappa shape index (κ1) is 16.2. The molecule has 1 atom stereocenters. The number of methoxy groups -OCH3 is 1. The fraction of sp³-hybridized carbons (Fsp3) is 0.500. The van der Waals surface area contributed by atoms with E-state index < -0.39 is 17.3 Å². The SMILES string of the molecule is CCOC(=O)C(C(C)=O)C(C)(C)c1ccc(OC)cc1. The molecular formula is C16H22O4. The van der Waals surface area contributed by atoms with Crippen molar-refractivity contribution in [3.05, 3.63) is 29.8 Å². The van der Waals surface area contributed by atoms with Gasteiger partial charge in [-0.25, -0.2) is 0 Å². The van der Waals surface area contributed by atoms with Crippen LogP contribution in [0, 0.1) is 5.92 Å². The number of ketones is 1. The topological polar surface area (TPSA) is 52.6 Å². The van der Waals surface area contributed by atoms with Crippen LogP contribution in [0.2, 0.25) is 0 Å². The number of rotatable bonds is 6. The fourth-order valence-electron chi connectivity index (χ4n) is 2.38. The molecule has 0 fully saturated rings. The lowest BCUT2D eigenvalue weighted by Crippen LogP contribution is -2.40. The third kappa shape index (κ3) is 3.38. The second-order valence-electron chi connectivity index (χ2n) is 5.25. The Kier molecular flexibility index (Phi) is 5.31. The van der Waals surface area contributed by atoms with Crippen molar-refractivity contribution >= 4 is 11.8 Å². The highest BCUT2D eigenvalue weighted by Gasteiger charge is 2.41. The number of hydrogen-bond donors (Lipinski definition) is 0. The highest BCUT2D eigenvalue weighted by molar-refractivity contribution is 5.99. The van der Waals surface area contributed by atoms with Gasteiger partial charge in [0.05, 0.1) is 13.7 Å². The van der Waals surface area contributed by atoms with E-state index in [9.17, 15) is 9.59 Å². The van der Waals surface area contributed by atoms with Crippen LogP contribution in [-0.4, -0.2) is 25.5 Å². The Bertz CT molecular complexity index is 474. The molecule has 0 amide bonds. The van der Waals surface area contributed by atoms with Gasteiger partial charge in [0, 0.05) is 5.41 Å². The molecule has 1 unspecified atom stereocenters. The van der Waals surface area contributed by atoms with Gasteiger partial charge in [-0.15, -0.1) is 0 Å². The molecule has 0 aliphatic heterocycles. The molecule has 0 spiro atoms. The molecule has 0 aliphatic rings. The Hall–Kier alpha value is -1.84. The number of ether oxygens (including phenoxy) is 2. The summed E-state index contributed by atoms with van der Waals surface area (Å²) in [7, 11) is 1.59. The lowest BCUT2D eigenvalue weighted by Gasteiger charge is -2.31. The lowest BCUT2D eigenvalue weighted by atomic mass is 9.71. The van der Waals surface area contributed by atoms with Gasteiger partial charge in [-0.1, -0.05) is 26.0 Å². The van der Waals surface area contributed by atoms with E-state index in [-0.39, 0.29) is 12.4 Å². The standard InChI is InChI=1S/C16H22O4/c1-6-20-15(18)14(11(2)17)16(3,4)12-7-9-13(19-5)10-8-12/h7-10,14H,6H2,1-5H3. The van der Waals surface area contributed by atoms with Crippen LogP contribution in [0.5, 0.6) is 5.75 Å². The lowest BCUT2D eigenvalue weighted by molar-refractivity contribution is -0.153. The molecule has 0 heterocycles. The molecule has 1 aromatic rings. The molecule has 1 rings (SSSR count). The normalized spacial score (nSPS) is 12.7. The number of Topliss-reactive ketones (excluding diaryl/α,β-unsaturated/α-hetero) is 1. The van der Waals surface area contributed by atoms with Gasteiger partial charge in [0.2, 0.25) is 0 Å². The predicted molar refractivity (Wildman–Crippen MR) is 76.8 cm³/mol. The second-order valence-corrected chi connectivity index (χ2v) is 5.25. The Labute approximate surface area is 120 Å². The van der Waals surface area contributed by atoms with Crippen molar-refractivity contribution < 1.29 is 19.1 Å². The van der Waals surface area contributed by atoms with Gasteiger partial charge in [0.15, 0.2) is 0 Å². The van der Waals surface area contributed by atoms with E-state index >= 15 is 0 Å². The Morgan fingerprint density at radius 2 is 1.75 bits per heavy atom. The van der Waals surface area contributed by atoms with Crippen LogP contribution in [0.1, 0.15) is 33.3 Å². The zero-order valence-corrected chi connectivity index (χ0v) is 12.7. The minimum absolute atomic E-state index is 0.190. The molecular weight excluding hydrogens is 256 g/mol. The van der Waals surface area contributed by atoms with Crippen molar-refractivity contribution in [1.82, 2.24) is 0 Å². The Morgan fingerprint density at radius 1 is 1.20 bits per heavy atom. The third-order valence-electron chi connectivity index (χ3n) is 3.48. The first-order chi connectivity index (χ1) is 9.34. The van der Waals surface area contributed by atoms with Crippen LogP contribution in [0.3, 0.4) is 0 Å². The number of carbonyl (C=O) groups is 2. The van der Waals surface area contributed by atoms with Crippen molar-refractivity contribution in [3.8, 4) is 5.75 Å². The number of esters is 1. The highest BCUT2D eigenvalue weighted by Crippen LogP contribution is 2.34. The summed E-state index contributed by atoms with van der Waals surface area (Å²) >= 11 is 0. The molecule has 1 aromatic carbocycles. The number of carbonyl (C=O) groups excluding carboxylic acids is 2. The summed E-state index contributed by atoms with van der Waals surface area (Å²) in [4.78, 5) is 23.9. The minimum atomic E-state index is -0.809. The molecule has 110 valence electrons. The summed E-state index contributed by atoms with van der Waals surface area (Å²) in [6, 6.07) is 7.38. The maximum Gasteiger partial charge on any atom is 0.317 e. The summed E-state index contributed by atoms with van der Waals surface area (Å²) in [5, 5.41) is 0. The van der Waals surface area contributed by atoms with Crippen molar-refractivity contribution in [2.75, 3.05) is 13.7 Å². The first-order valence-corrected chi connectivity index (χ1v) is 6.66. The Balaban J connectivity index is 3.14. The smallest absolute Gasteiger partial charge is 0.317 e. The van der Waals surface area contributed by atoms with Gasteiger partial charge in [0.25, 0.3) is 0 Å². The zero-order chi connectivity index (χ0) is 15.3. The summed E-state index contributed by atoms with van der Waals surface area (Å²) in [6.45, 7) is 7.17. The summed E-state index contributed by atoms with van der Waals surface area (Å²) < 4.78 is 10.2. The first-order valence-electron chi connectivity index (χ1n) is 6.66. The third-order valence-corrected chi connectivity index (χ3v) is 3.48. The molecule has 0 bridgehead atoms. The van der Waals surface area contributed by atoms with Crippen LogP contribution in [0.15, 0.2) is 24.3 Å². The molecule has 0 aliphatic carbocycles. The predicted octanol–water partition coefficient (Wildman–Crippen LogP) is 2.74. The van der Waals surface area contributed by atoms with Gasteiger partial charge in [-0.2, -0.15) is 0 Å². The van der Waals surface area contributed by atoms with Crippen LogP contribution >= 0.6 is 0 Å². The quantitative estimate of drug-likeness (QED) is 0.593. The maximum atomic E-state index is 12.1. The van der Waals surface area contributed by atoms with Gasteiger partial charge in [-0.05, 0) is 31.5 Å². The summed E-state index contributed by atoms with van der Waals surface area (Å²) in [5.74, 6) is -0.735. The van der Waals surface area contributed by atoms with E-state index in [1.165, 1.54) is 6.92 Å². The summed E-state index contributed by atoms with van der Waals surface area (Å²) in [6.07, 6.45) is 0. The van der Waals surface area contributed by atoms with Gasteiger partial charge < -0.3 is 9.47 Å². The van der Waals surface area contributed by atoms with E-state index in [2.05, 4.69) is 0 Å². The molecule has 0 aromatic heterocycles. The van der Waals surface area contributed by atoms with E-state index in [1.54, 1.807) is 14.0 Å².